The molecule has 0 radical (unpaired) electrons. The monoisotopic (exact) mass is 287 g/mol. The number of halogens is 1. The van der Waals surface area contributed by atoms with Crippen LogP contribution in [0.25, 0.3) is 0 Å². The van der Waals surface area contributed by atoms with Crippen molar-refractivity contribution in [3.63, 3.8) is 0 Å². The van der Waals surface area contributed by atoms with Crippen molar-refractivity contribution in [1.29, 1.82) is 5.26 Å². The van der Waals surface area contributed by atoms with E-state index in [1.165, 1.54) is 0 Å². The predicted octanol–water partition coefficient (Wildman–Crippen LogP) is 3.98. The fourth-order valence-electron chi connectivity index (χ4n) is 1.71. The second-order valence-electron chi connectivity index (χ2n) is 4.24. The quantitative estimate of drug-likeness (QED) is 0.781. The molecule has 2 aromatic carbocycles. The van der Waals surface area contributed by atoms with Crippen LogP contribution in [0.3, 0.4) is 0 Å². The van der Waals surface area contributed by atoms with Crippen LogP contribution in [0.15, 0.2) is 42.5 Å². The standard InChI is InChI=1S/C16H14ClNO2/c1-12-10-14(17)4-7-16(12)20-9-8-19-15-5-2-13(11-18)3-6-15/h2-7,10H,8-9H2,1H3. The number of aryl methyl sites for hydroxylation is 1. The summed E-state index contributed by atoms with van der Waals surface area (Å²) in [7, 11) is 0. The maximum Gasteiger partial charge on any atom is 0.122 e. The van der Waals surface area contributed by atoms with E-state index in [-0.39, 0.29) is 0 Å². The molecule has 0 aliphatic rings. The van der Waals surface area contributed by atoms with Crippen LogP contribution in [0.2, 0.25) is 5.02 Å². The van der Waals surface area contributed by atoms with E-state index in [4.69, 9.17) is 26.3 Å². The zero-order valence-electron chi connectivity index (χ0n) is 11.1. The summed E-state index contributed by atoms with van der Waals surface area (Å²) in [6.07, 6.45) is 0. The average molecular weight is 288 g/mol. The van der Waals surface area contributed by atoms with Crippen LogP contribution in [0, 0.1) is 18.3 Å². The Morgan fingerprint density at radius 3 is 2.40 bits per heavy atom. The lowest BCUT2D eigenvalue weighted by Crippen LogP contribution is -2.09. The van der Waals surface area contributed by atoms with E-state index in [9.17, 15) is 0 Å². The summed E-state index contributed by atoms with van der Waals surface area (Å²) in [6, 6.07) is 14.5. The van der Waals surface area contributed by atoms with E-state index in [1.54, 1.807) is 30.3 Å². The summed E-state index contributed by atoms with van der Waals surface area (Å²) < 4.78 is 11.2. The van der Waals surface area contributed by atoms with Crippen molar-refractivity contribution in [1.82, 2.24) is 0 Å². The van der Waals surface area contributed by atoms with Gasteiger partial charge in [-0.3, -0.25) is 0 Å². The van der Waals surface area contributed by atoms with Crippen molar-refractivity contribution < 1.29 is 9.47 Å². The molecule has 0 unspecified atom stereocenters. The van der Waals surface area contributed by atoms with Gasteiger partial charge in [-0.15, -0.1) is 0 Å². The lowest BCUT2D eigenvalue weighted by molar-refractivity contribution is 0.216. The van der Waals surface area contributed by atoms with Gasteiger partial charge in [0.1, 0.15) is 24.7 Å². The van der Waals surface area contributed by atoms with Gasteiger partial charge in [0.15, 0.2) is 0 Å². The topological polar surface area (TPSA) is 42.2 Å². The van der Waals surface area contributed by atoms with Crippen LogP contribution in [-0.2, 0) is 0 Å². The Morgan fingerprint density at radius 2 is 1.75 bits per heavy atom. The number of rotatable bonds is 5. The molecule has 0 aliphatic carbocycles. The van der Waals surface area contributed by atoms with Crippen molar-refractivity contribution >= 4 is 11.6 Å². The van der Waals surface area contributed by atoms with Gasteiger partial charge in [-0.25, -0.2) is 0 Å². The molecule has 0 spiro atoms. The summed E-state index contributed by atoms with van der Waals surface area (Å²) in [5, 5.41) is 9.39. The van der Waals surface area contributed by atoms with Gasteiger partial charge in [-0.05, 0) is 55.0 Å². The van der Waals surface area contributed by atoms with E-state index >= 15 is 0 Å². The molecule has 0 aliphatic heterocycles. The molecule has 0 saturated carbocycles. The van der Waals surface area contributed by atoms with Crippen molar-refractivity contribution in [3.05, 3.63) is 58.6 Å². The Hall–Kier alpha value is -2.18. The van der Waals surface area contributed by atoms with E-state index < -0.39 is 0 Å². The number of nitriles is 1. The zero-order chi connectivity index (χ0) is 14.4. The van der Waals surface area contributed by atoms with E-state index in [1.807, 2.05) is 19.1 Å². The van der Waals surface area contributed by atoms with E-state index in [2.05, 4.69) is 6.07 Å². The molecule has 0 fully saturated rings. The molecule has 20 heavy (non-hydrogen) atoms. The molecule has 2 aromatic rings. The van der Waals surface area contributed by atoms with Crippen molar-refractivity contribution in [2.45, 2.75) is 6.92 Å². The van der Waals surface area contributed by atoms with E-state index in [0.717, 1.165) is 17.1 Å². The van der Waals surface area contributed by atoms with Crippen LogP contribution in [0.4, 0.5) is 0 Å². The minimum absolute atomic E-state index is 0.438. The zero-order valence-corrected chi connectivity index (χ0v) is 11.9. The summed E-state index contributed by atoms with van der Waals surface area (Å²) in [5.74, 6) is 1.53. The largest absolute Gasteiger partial charge is 0.490 e. The molecule has 0 atom stereocenters. The molecule has 0 saturated heterocycles. The van der Waals surface area contributed by atoms with Gasteiger partial charge in [0.2, 0.25) is 0 Å². The predicted molar refractivity (Wildman–Crippen MR) is 78.3 cm³/mol. The molecular weight excluding hydrogens is 274 g/mol. The highest BCUT2D eigenvalue weighted by atomic mass is 35.5. The van der Waals surface area contributed by atoms with Crippen molar-refractivity contribution in [3.8, 4) is 17.6 Å². The van der Waals surface area contributed by atoms with Crippen molar-refractivity contribution in [2.75, 3.05) is 13.2 Å². The Kier molecular flexibility index (Phi) is 4.86. The SMILES string of the molecule is Cc1cc(Cl)ccc1OCCOc1ccc(C#N)cc1. The number of ether oxygens (including phenoxy) is 2. The number of nitrogens with zero attached hydrogens (tertiary/aromatic N) is 1. The summed E-state index contributed by atoms with van der Waals surface area (Å²) >= 11 is 5.88. The highest BCUT2D eigenvalue weighted by Gasteiger charge is 2.00. The van der Waals surface area contributed by atoms with Gasteiger partial charge in [0.25, 0.3) is 0 Å². The minimum atomic E-state index is 0.438. The molecule has 0 heterocycles. The first-order valence-electron chi connectivity index (χ1n) is 6.21. The smallest absolute Gasteiger partial charge is 0.122 e. The first kappa shape index (κ1) is 14.2. The Bertz CT molecular complexity index is 617. The third-order valence-corrected chi connectivity index (χ3v) is 2.97. The third-order valence-electron chi connectivity index (χ3n) is 2.73. The van der Waals surface area contributed by atoms with Crippen LogP contribution < -0.4 is 9.47 Å². The summed E-state index contributed by atoms with van der Waals surface area (Å²) in [6.45, 7) is 2.83. The molecule has 0 bridgehead atoms. The van der Waals surface area contributed by atoms with Crippen LogP contribution in [-0.4, -0.2) is 13.2 Å². The van der Waals surface area contributed by atoms with Gasteiger partial charge in [-0.2, -0.15) is 5.26 Å². The maximum atomic E-state index is 8.69. The Labute approximate surface area is 123 Å². The Morgan fingerprint density at radius 1 is 1.05 bits per heavy atom. The lowest BCUT2D eigenvalue weighted by atomic mass is 10.2. The normalized spacial score (nSPS) is 9.85. The third kappa shape index (κ3) is 3.91. The van der Waals surface area contributed by atoms with Gasteiger partial charge < -0.3 is 9.47 Å². The first-order chi connectivity index (χ1) is 9.69. The van der Waals surface area contributed by atoms with E-state index in [0.29, 0.717) is 23.8 Å². The Balaban J connectivity index is 1.80. The van der Waals surface area contributed by atoms with Crippen LogP contribution in [0.1, 0.15) is 11.1 Å². The van der Waals surface area contributed by atoms with Gasteiger partial charge in [0, 0.05) is 5.02 Å². The molecule has 2 rings (SSSR count). The fourth-order valence-corrected chi connectivity index (χ4v) is 1.94. The molecule has 102 valence electrons. The van der Waals surface area contributed by atoms with Crippen LogP contribution in [0.5, 0.6) is 11.5 Å². The van der Waals surface area contributed by atoms with Gasteiger partial charge >= 0.3 is 0 Å². The fraction of sp³-hybridized carbons (Fsp3) is 0.188. The molecule has 0 aromatic heterocycles. The molecule has 3 nitrogen and oxygen atoms in total. The number of hydrogen-bond acceptors (Lipinski definition) is 3. The second kappa shape index (κ2) is 6.83. The van der Waals surface area contributed by atoms with Crippen LogP contribution >= 0.6 is 11.6 Å². The number of benzene rings is 2. The molecule has 0 amide bonds. The molecule has 0 N–H and O–H groups in total. The summed E-state index contributed by atoms with van der Waals surface area (Å²) in [4.78, 5) is 0. The van der Waals surface area contributed by atoms with Crippen molar-refractivity contribution in [2.24, 2.45) is 0 Å². The molecular formula is C16H14ClNO2. The minimum Gasteiger partial charge on any atom is -0.490 e. The number of hydrogen-bond donors (Lipinski definition) is 0. The van der Waals surface area contributed by atoms with Gasteiger partial charge in [0.05, 0.1) is 11.6 Å². The highest BCUT2D eigenvalue weighted by molar-refractivity contribution is 6.30. The molecule has 4 heteroatoms. The van der Waals surface area contributed by atoms with Gasteiger partial charge in [-0.1, -0.05) is 11.6 Å². The highest BCUT2D eigenvalue weighted by Crippen LogP contribution is 2.21. The maximum absolute atomic E-state index is 8.69. The second-order valence-corrected chi connectivity index (χ2v) is 4.68. The average Bonchev–Trinajstić information content (AvgIpc) is 2.46. The lowest BCUT2D eigenvalue weighted by Gasteiger charge is -2.10. The summed E-state index contributed by atoms with van der Waals surface area (Å²) in [5.41, 5.74) is 1.61. The first-order valence-corrected chi connectivity index (χ1v) is 6.59.